The maximum atomic E-state index is 15.3. The number of fused-ring (bicyclic) bond motifs is 1. The molecule has 0 bridgehead atoms. The summed E-state index contributed by atoms with van der Waals surface area (Å²) >= 11 is 0. The second kappa shape index (κ2) is 10.4. The van der Waals surface area contributed by atoms with Gasteiger partial charge in [-0.2, -0.15) is 23.3 Å². The van der Waals surface area contributed by atoms with Gasteiger partial charge in [0.2, 0.25) is 19.6 Å². The van der Waals surface area contributed by atoms with Gasteiger partial charge in [0.1, 0.15) is 29.6 Å². The van der Waals surface area contributed by atoms with Crippen molar-refractivity contribution in [1.29, 1.82) is 0 Å². The first-order valence-corrected chi connectivity index (χ1v) is 13.8. The van der Waals surface area contributed by atoms with Crippen LogP contribution in [0.15, 0.2) is 31.0 Å². The molecule has 0 unspecified atom stereocenters. The average molecular weight is 623 g/mol. The monoisotopic (exact) mass is 623 g/mol. The standard InChI is InChI=1S/C27H22BF4N9O4/c1-40-8-15-21(39-40)37-22(18-19(13-2-3-13)34-11-35-25(18)45-27(28,42)43)38-24(15)44-10-12-6-16(29)20(33-7-12)23-36-17(26(30,31)32)9-41(23)14-4-5-14/h6-9,11,13-14,42-43H,2-5,10H2,1H3. The van der Waals surface area contributed by atoms with Crippen LogP contribution in [-0.4, -0.2) is 68.2 Å². The molecule has 5 aromatic heterocycles. The Morgan fingerprint density at radius 1 is 1.02 bits per heavy atom. The molecule has 0 amide bonds. The van der Waals surface area contributed by atoms with Gasteiger partial charge < -0.3 is 24.3 Å². The molecule has 0 saturated heterocycles. The van der Waals surface area contributed by atoms with Gasteiger partial charge in [0.15, 0.2) is 28.8 Å². The van der Waals surface area contributed by atoms with E-state index in [2.05, 4.69) is 35.0 Å². The molecular weight excluding hydrogens is 601 g/mol. The number of imidazole rings is 1. The molecule has 2 aliphatic rings. The Hall–Kier alpha value is -4.71. The lowest BCUT2D eigenvalue weighted by molar-refractivity contribution is -0.225. The van der Waals surface area contributed by atoms with Crippen LogP contribution in [0.25, 0.3) is 33.9 Å². The van der Waals surface area contributed by atoms with Crippen molar-refractivity contribution >= 4 is 18.9 Å². The Bertz CT molecular complexity index is 1930. The Morgan fingerprint density at radius 3 is 2.47 bits per heavy atom. The number of aliphatic hydroxyl groups is 2. The molecule has 2 radical (unpaired) electrons. The Morgan fingerprint density at radius 2 is 1.80 bits per heavy atom. The van der Waals surface area contributed by atoms with E-state index in [1.807, 2.05) is 0 Å². The van der Waals surface area contributed by atoms with Crippen molar-refractivity contribution in [3.63, 3.8) is 0 Å². The first-order valence-electron chi connectivity index (χ1n) is 13.8. The quantitative estimate of drug-likeness (QED) is 0.141. The summed E-state index contributed by atoms with van der Waals surface area (Å²) in [5.74, 6) is -4.33. The molecule has 18 heteroatoms. The summed E-state index contributed by atoms with van der Waals surface area (Å²) in [5, 5.41) is 24.1. The van der Waals surface area contributed by atoms with Crippen LogP contribution in [0.4, 0.5) is 17.6 Å². The van der Waals surface area contributed by atoms with Gasteiger partial charge >= 0.3 is 6.18 Å². The van der Waals surface area contributed by atoms with Gasteiger partial charge in [-0.1, -0.05) is 0 Å². The molecule has 0 spiro atoms. The Labute approximate surface area is 252 Å². The van der Waals surface area contributed by atoms with Crippen LogP contribution in [0.5, 0.6) is 11.8 Å². The second-order valence-corrected chi connectivity index (χ2v) is 10.9. The lowest BCUT2D eigenvalue weighted by atomic mass is 10.1. The van der Waals surface area contributed by atoms with Crippen LogP contribution in [-0.2, 0) is 19.8 Å². The zero-order valence-electron chi connectivity index (χ0n) is 23.4. The van der Waals surface area contributed by atoms with Crippen molar-refractivity contribution in [2.45, 2.75) is 56.3 Å². The van der Waals surface area contributed by atoms with Gasteiger partial charge in [-0.3, -0.25) is 4.68 Å². The molecule has 2 saturated carbocycles. The summed E-state index contributed by atoms with van der Waals surface area (Å²) in [7, 11) is 6.92. The van der Waals surface area contributed by atoms with Crippen LogP contribution < -0.4 is 9.47 Å². The van der Waals surface area contributed by atoms with Crippen molar-refractivity contribution in [3.05, 3.63) is 53.8 Å². The van der Waals surface area contributed by atoms with Crippen molar-refractivity contribution in [3.8, 4) is 34.7 Å². The molecule has 0 atom stereocenters. The summed E-state index contributed by atoms with van der Waals surface area (Å²) in [5.41, 5.74) is -0.285. The van der Waals surface area contributed by atoms with E-state index in [0.29, 0.717) is 23.9 Å². The van der Waals surface area contributed by atoms with Crippen molar-refractivity contribution in [2.75, 3.05) is 0 Å². The largest absolute Gasteiger partial charge is 0.472 e. The van der Waals surface area contributed by atoms with Crippen LogP contribution >= 0.6 is 0 Å². The summed E-state index contributed by atoms with van der Waals surface area (Å²) in [6.07, 6.45) is 3.25. The Kier molecular flexibility index (Phi) is 6.74. The third kappa shape index (κ3) is 5.89. The molecule has 5 aromatic rings. The third-order valence-electron chi connectivity index (χ3n) is 7.18. The van der Waals surface area contributed by atoms with Crippen molar-refractivity contribution < 1.29 is 37.2 Å². The number of ether oxygens (including phenoxy) is 2. The maximum absolute atomic E-state index is 15.3. The highest BCUT2D eigenvalue weighted by molar-refractivity contribution is 6.12. The van der Waals surface area contributed by atoms with E-state index in [-0.39, 0.29) is 64.4 Å². The highest BCUT2D eigenvalue weighted by Gasteiger charge is 2.38. The minimum absolute atomic E-state index is 0.00462. The minimum atomic E-state index is -4.69. The molecule has 0 aromatic carbocycles. The fourth-order valence-electron chi connectivity index (χ4n) is 4.90. The lowest BCUT2D eigenvalue weighted by Crippen LogP contribution is -2.36. The highest BCUT2D eigenvalue weighted by atomic mass is 19.4. The van der Waals surface area contributed by atoms with Gasteiger partial charge in [0.25, 0.3) is 5.87 Å². The van der Waals surface area contributed by atoms with Gasteiger partial charge in [-0.15, -0.1) is 0 Å². The summed E-state index contributed by atoms with van der Waals surface area (Å²) in [4.78, 5) is 25.1. The number of aromatic nitrogens is 9. The topological polar surface area (TPSA) is 159 Å². The van der Waals surface area contributed by atoms with E-state index in [1.54, 1.807) is 13.2 Å². The van der Waals surface area contributed by atoms with Crippen LogP contribution in [0.2, 0.25) is 0 Å². The highest BCUT2D eigenvalue weighted by Crippen LogP contribution is 2.46. The summed E-state index contributed by atoms with van der Waals surface area (Å²) in [6.45, 7) is -0.237. The Balaban J connectivity index is 1.22. The smallest absolute Gasteiger partial charge is 0.434 e. The van der Waals surface area contributed by atoms with Crippen LogP contribution in [0, 0.1) is 5.82 Å². The second-order valence-electron chi connectivity index (χ2n) is 10.9. The molecule has 230 valence electrons. The fourth-order valence-corrected chi connectivity index (χ4v) is 4.90. The fraction of sp³-hybridized carbons (Fsp3) is 0.370. The summed E-state index contributed by atoms with van der Waals surface area (Å²) < 4.78 is 69.2. The molecule has 5 heterocycles. The van der Waals surface area contributed by atoms with E-state index >= 15 is 4.39 Å². The van der Waals surface area contributed by atoms with Gasteiger partial charge in [0.05, 0.1) is 5.69 Å². The molecule has 45 heavy (non-hydrogen) atoms. The normalized spacial score (nSPS) is 15.5. The van der Waals surface area contributed by atoms with E-state index in [9.17, 15) is 23.4 Å². The number of rotatable bonds is 9. The maximum Gasteiger partial charge on any atom is 0.434 e. The van der Waals surface area contributed by atoms with E-state index in [1.165, 1.54) is 21.8 Å². The van der Waals surface area contributed by atoms with E-state index in [0.717, 1.165) is 25.1 Å². The number of aryl methyl sites for hydroxylation is 1. The molecule has 2 N–H and O–H groups in total. The summed E-state index contributed by atoms with van der Waals surface area (Å²) in [6, 6.07) is 0.911. The van der Waals surface area contributed by atoms with Gasteiger partial charge in [0, 0.05) is 43.2 Å². The SMILES string of the molecule is [B]C(O)(O)Oc1ncnc(C2CC2)c1-c1nc(OCc2cnc(-c3nc(C(F)(F)F)cn3C3CC3)c(F)c2)c2cn(C)nc2n1. The first kappa shape index (κ1) is 29.0. The molecule has 2 aliphatic carbocycles. The number of pyridine rings is 1. The molecule has 0 aliphatic heterocycles. The molecule has 7 rings (SSSR count). The van der Waals surface area contributed by atoms with Crippen molar-refractivity contribution in [1.82, 2.24) is 44.3 Å². The van der Waals surface area contributed by atoms with Crippen LogP contribution in [0.3, 0.4) is 0 Å². The molecule has 2 fully saturated rings. The van der Waals surface area contributed by atoms with Crippen molar-refractivity contribution in [2.24, 2.45) is 7.05 Å². The predicted molar refractivity (Wildman–Crippen MR) is 146 cm³/mol. The zero-order chi connectivity index (χ0) is 31.7. The predicted octanol–water partition coefficient (Wildman–Crippen LogP) is 3.17. The van der Waals surface area contributed by atoms with Gasteiger partial charge in [-0.25, -0.2) is 29.3 Å². The molecular formula is C27H22BF4N9O4. The van der Waals surface area contributed by atoms with E-state index < -0.39 is 23.6 Å². The number of nitrogens with zero attached hydrogens (tertiary/aromatic N) is 9. The molecule has 13 nitrogen and oxygen atoms in total. The van der Waals surface area contributed by atoms with Crippen LogP contribution in [0.1, 0.15) is 54.6 Å². The zero-order valence-corrected chi connectivity index (χ0v) is 23.4. The average Bonchev–Trinajstić information content (AvgIpc) is 3.89. The van der Waals surface area contributed by atoms with E-state index in [4.69, 9.17) is 17.3 Å². The number of halogens is 4. The first-order chi connectivity index (χ1) is 21.3. The lowest BCUT2D eigenvalue weighted by Gasteiger charge is -2.20. The number of hydrogen-bond donors (Lipinski definition) is 2. The third-order valence-corrected chi connectivity index (χ3v) is 7.18. The number of alkyl halides is 3. The van der Waals surface area contributed by atoms with Gasteiger partial charge in [-0.05, 0) is 31.7 Å². The minimum Gasteiger partial charge on any atom is -0.472 e. The number of hydrogen-bond acceptors (Lipinski definition) is 11.